The molecule has 0 aliphatic rings. The van der Waals surface area contributed by atoms with Gasteiger partial charge in [-0.25, -0.2) is 0 Å². The molecule has 4 nitrogen and oxygen atoms in total. The molecule has 0 saturated carbocycles. The average molecular weight is 351 g/mol. The maximum atomic E-state index is 11.9. The van der Waals surface area contributed by atoms with Gasteiger partial charge in [-0.1, -0.05) is 17.3 Å². The maximum Gasteiger partial charge on any atom is 0.226 e. The third-order valence-corrected chi connectivity index (χ3v) is 4.56. The van der Waals surface area contributed by atoms with Crippen molar-refractivity contribution in [2.24, 2.45) is 0 Å². The zero-order valence-electron chi connectivity index (χ0n) is 10.4. The van der Waals surface area contributed by atoms with Crippen molar-refractivity contribution in [3.05, 3.63) is 50.8 Å². The number of thiophene rings is 1. The molecule has 20 heavy (non-hydrogen) atoms. The number of carbonyl (C=O) groups is 1. The zero-order valence-corrected chi connectivity index (χ0v) is 12.8. The second-order valence-electron chi connectivity index (χ2n) is 4.31. The topological polar surface area (TPSA) is 55.1 Å². The lowest BCUT2D eigenvalue weighted by Gasteiger charge is -2.01. The molecule has 1 aromatic carbocycles. The van der Waals surface area contributed by atoms with E-state index in [9.17, 15) is 4.79 Å². The predicted octanol–water partition coefficient (Wildman–Crippen LogP) is 3.51. The molecule has 2 heterocycles. The number of nitrogens with one attached hydrogen (secondary N) is 1. The van der Waals surface area contributed by atoms with Gasteiger partial charge in [0, 0.05) is 20.1 Å². The van der Waals surface area contributed by atoms with Gasteiger partial charge >= 0.3 is 0 Å². The summed E-state index contributed by atoms with van der Waals surface area (Å²) in [6.45, 7) is 0.533. The second-order valence-corrected chi connectivity index (χ2v) is 6.22. The van der Waals surface area contributed by atoms with Crippen molar-refractivity contribution in [2.75, 3.05) is 0 Å². The average Bonchev–Trinajstić information content (AvgIpc) is 3.04. The first-order chi connectivity index (χ1) is 9.72. The molecule has 0 aliphatic heterocycles. The van der Waals surface area contributed by atoms with Gasteiger partial charge in [-0.3, -0.25) is 4.79 Å². The van der Waals surface area contributed by atoms with Crippen LogP contribution in [0.1, 0.15) is 10.6 Å². The SMILES string of the molecule is O=C(Cc1noc2ccccc12)NCc1cc(Br)cs1. The number of aromatic nitrogens is 1. The molecule has 6 heteroatoms. The first-order valence-corrected chi connectivity index (χ1v) is 7.72. The van der Waals surface area contributed by atoms with Crippen LogP contribution in [0.3, 0.4) is 0 Å². The monoisotopic (exact) mass is 350 g/mol. The molecule has 0 unspecified atom stereocenters. The molecule has 102 valence electrons. The van der Waals surface area contributed by atoms with Crippen molar-refractivity contribution in [3.63, 3.8) is 0 Å². The Hall–Kier alpha value is -1.66. The fraction of sp³-hybridized carbons (Fsp3) is 0.143. The van der Waals surface area contributed by atoms with Crippen molar-refractivity contribution in [3.8, 4) is 0 Å². The molecule has 1 N–H and O–H groups in total. The molecule has 2 aromatic heterocycles. The lowest BCUT2D eigenvalue weighted by Crippen LogP contribution is -2.24. The Morgan fingerprint density at radius 3 is 3.05 bits per heavy atom. The highest BCUT2D eigenvalue weighted by molar-refractivity contribution is 9.10. The molecular weight excluding hydrogens is 340 g/mol. The zero-order chi connectivity index (χ0) is 13.9. The molecule has 3 aromatic rings. The summed E-state index contributed by atoms with van der Waals surface area (Å²) in [7, 11) is 0. The van der Waals surface area contributed by atoms with Crippen molar-refractivity contribution >= 4 is 44.1 Å². The highest BCUT2D eigenvalue weighted by Crippen LogP contribution is 2.20. The van der Waals surface area contributed by atoms with Crippen LogP contribution in [0.5, 0.6) is 0 Å². The summed E-state index contributed by atoms with van der Waals surface area (Å²) in [5.41, 5.74) is 1.38. The van der Waals surface area contributed by atoms with Crippen molar-refractivity contribution < 1.29 is 9.32 Å². The van der Waals surface area contributed by atoms with Crippen LogP contribution < -0.4 is 5.32 Å². The van der Waals surface area contributed by atoms with Crippen molar-refractivity contribution in [2.45, 2.75) is 13.0 Å². The van der Waals surface area contributed by atoms with Crippen LogP contribution >= 0.6 is 27.3 Å². The minimum Gasteiger partial charge on any atom is -0.356 e. The smallest absolute Gasteiger partial charge is 0.226 e. The molecule has 0 fully saturated rings. The van der Waals surface area contributed by atoms with Gasteiger partial charge in [-0.2, -0.15) is 0 Å². The summed E-state index contributed by atoms with van der Waals surface area (Å²) in [4.78, 5) is 13.0. The summed E-state index contributed by atoms with van der Waals surface area (Å²) in [6, 6.07) is 9.53. The predicted molar refractivity (Wildman–Crippen MR) is 81.6 cm³/mol. The van der Waals surface area contributed by atoms with Gasteiger partial charge in [0.1, 0.15) is 5.69 Å². The van der Waals surface area contributed by atoms with Crippen LogP contribution in [-0.2, 0) is 17.8 Å². The van der Waals surface area contributed by atoms with Crippen LogP contribution in [-0.4, -0.2) is 11.1 Å². The first kappa shape index (κ1) is 13.3. The summed E-state index contributed by atoms with van der Waals surface area (Å²) < 4.78 is 6.22. The van der Waals surface area contributed by atoms with E-state index in [0.717, 1.165) is 14.7 Å². The number of hydrogen-bond donors (Lipinski definition) is 1. The van der Waals surface area contributed by atoms with Crippen LogP contribution in [0.15, 0.2) is 44.7 Å². The standard InChI is InChI=1S/C14H11BrN2O2S/c15-9-5-10(20-8-9)7-16-14(18)6-12-11-3-1-2-4-13(11)19-17-12/h1-5,8H,6-7H2,(H,16,18). The Morgan fingerprint density at radius 1 is 1.40 bits per heavy atom. The van der Waals surface area contributed by atoms with Crippen LogP contribution in [0.2, 0.25) is 0 Å². The number of fused-ring (bicyclic) bond motifs is 1. The van der Waals surface area contributed by atoms with E-state index < -0.39 is 0 Å². The molecule has 0 atom stereocenters. The molecule has 1 amide bonds. The van der Waals surface area contributed by atoms with E-state index in [2.05, 4.69) is 26.4 Å². The van der Waals surface area contributed by atoms with Crippen LogP contribution in [0.25, 0.3) is 11.0 Å². The summed E-state index contributed by atoms with van der Waals surface area (Å²) in [6.07, 6.45) is 0.226. The number of nitrogens with zero attached hydrogens (tertiary/aromatic N) is 1. The van der Waals surface area contributed by atoms with E-state index >= 15 is 0 Å². The highest BCUT2D eigenvalue weighted by Gasteiger charge is 2.11. The van der Waals surface area contributed by atoms with E-state index in [4.69, 9.17) is 4.52 Å². The highest BCUT2D eigenvalue weighted by atomic mass is 79.9. The summed E-state index contributed by atoms with van der Waals surface area (Å²) in [5.74, 6) is -0.0615. The lowest BCUT2D eigenvalue weighted by molar-refractivity contribution is -0.120. The number of carbonyl (C=O) groups excluding carboxylic acids is 1. The number of halogens is 1. The molecule has 0 spiro atoms. The van der Waals surface area contributed by atoms with Gasteiger partial charge < -0.3 is 9.84 Å². The van der Waals surface area contributed by atoms with Gasteiger partial charge in [0.15, 0.2) is 5.58 Å². The molecule has 0 saturated heterocycles. The van der Waals surface area contributed by atoms with Gasteiger partial charge in [0.2, 0.25) is 5.91 Å². The van der Waals surface area contributed by atoms with E-state index in [1.807, 2.05) is 35.7 Å². The number of hydrogen-bond acceptors (Lipinski definition) is 4. The Morgan fingerprint density at radius 2 is 2.25 bits per heavy atom. The maximum absolute atomic E-state index is 11.9. The third-order valence-electron chi connectivity index (χ3n) is 2.86. The minimum atomic E-state index is -0.0615. The van der Waals surface area contributed by atoms with E-state index in [0.29, 0.717) is 17.8 Å². The number of amides is 1. The first-order valence-electron chi connectivity index (χ1n) is 6.05. The van der Waals surface area contributed by atoms with Gasteiger partial charge in [0.25, 0.3) is 0 Å². The fourth-order valence-corrected chi connectivity index (χ4v) is 3.30. The number of benzene rings is 1. The second kappa shape index (κ2) is 5.76. The van der Waals surface area contributed by atoms with Crippen molar-refractivity contribution in [1.82, 2.24) is 10.5 Å². The lowest BCUT2D eigenvalue weighted by atomic mass is 10.1. The van der Waals surface area contributed by atoms with Crippen LogP contribution in [0, 0.1) is 0 Å². The summed E-state index contributed by atoms with van der Waals surface area (Å²) in [5, 5.41) is 9.72. The number of rotatable bonds is 4. The Balaban J connectivity index is 1.64. The molecule has 0 radical (unpaired) electrons. The third kappa shape index (κ3) is 2.91. The van der Waals surface area contributed by atoms with E-state index in [1.54, 1.807) is 11.3 Å². The molecular formula is C14H11BrN2O2S. The van der Waals surface area contributed by atoms with E-state index in [1.165, 1.54) is 0 Å². The molecule has 3 rings (SSSR count). The van der Waals surface area contributed by atoms with Crippen molar-refractivity contribution in [1.29, 1.82) is 0 Å². The Kier molecular flexibility index (Phi) is 3.84. The molecule has 0 aliphatic carbocycles. The fourth-order valence-electron chi connectivity index (χ4n) is 1.91. The van der Waals surface area contributed by atoms with Gasteiger partial charge in [-0.05, 0) is 34.1 Å². The van der Waals surface area contributed by atoms with Gasteiger partial charge in [-0.15, -0.1) is 11.3 Å². The molecule has 0 bridgehead atoms. The summed E-state index contributed by atoms with van der Waals surface area (Å²) >= 11 is 5.00. The largest absolute Gasteiger partial charge is 0.356 e. The number of para-hydroxylation sites is 1. The van der Waals surface area contributed by atoms with E-state index in [-0.39, 0.29) is 12.3 Å². The minimum absolute atomic E-state index is 0.0615. The Bertz CT molecular complexity index is 750. The van der Waals surface area contributed by atoms with Crippen LogP contribution in [0.4, 0.5) is 0 Å². The van der Waals surface area contributed by atoms with Gasteiger partial charge in [0.05, 0.1) is 13.0 Å². The quantitative estimate of drug-likeness (QED) is 0.783. The Labute approximate surface area is 127 Å². The normalized spacial score (nSPS) is 10.8.